The molecular formula is C13H15BrN2O4S. The smallest absolute Gasteiger partial charge is 0.311 e. The lowest BCUT2D eigenvalue weighted by atomic mass is 10.1. The molecule has 1 saturated carbocycles. The summed E-state index contributed by atoms with van der Waals surface area (Å²) in [6.45, 7) is 1.67. The van der Waals surface area contributed by atoms with E-state index in [2.05, 4.69) is 26.6 Å². The third-order valence-electron chi connectivity index (χ3n) is 3.45. The molecule has 1 aliphatic carbocycles. The molecule has 2 amide bonds. The van der Waals surface area contributed by atoms with Gasteiger partial charge >= 0.3 is 5.97 Å². The summed E-state index contributed by atoms with van der Waals surface area (Å²) in [6, 6.07) is 2.70. The number of aliphatic carboxylic acids is 1. The summed E-state index contributed by atoms with van der Waals surface area (Å²) in [4.78, 5) is 35.3. The minimum Gasteiger partial charge on any atom is -0.481 e. The highest BCUT2D eigenvalue weighted by molar-refractivity contribution is 9.11. The molecule has 1 heterocycles. The molecule has 1 aromatic heterocycles. The van der Waals surface area contributed by atoms with E-state index in [9.17, 15) is 14.4 Å². The van der Waals surface area contributed by atoms with Gasteiger partial charge in [-0.15, -0.1) is 11.3 Å². The molecule has 1 aliphatic rings. The number of amides is 2. The molecule has 1 unspecified atom stereocenters. The van der Waals surface area contributed by atoms with E-state index in [1.54, 1.807) is 19.1 Å². The van der Waals surface area contributed by atoms with Crippen LogP contribution in [-0.2, 0) is 9.59 Å². The van der Waals surface area contributed by atoms with Crippen LogP contribution in [0.4, 0.5) is 0 Å². The van der Waals surface area contributed by atoms with E-state index in [-0.39, 0.29) is 18.4 Å². The van der Waals surface area contributed by atoms with Crippen LogP contribution in [0.1, 0.15) is 29.4 Å². The monoisotopic (exact) mass is 374 g/mol. The second kappa shape index (κ2) is 6.15. The van der Waals surface area contributed by atoms with Crippen molar-refractivity contribution in [2.24, 2.45) is 5.41 Å². The topological polar surface area (TPSA) is 95.5 Å². The molecule has 21 heavy (non-hydrogen) atoms. The Labute approximate surface area is 134 Å². The van der Waals surface area contributed by atoms with Crippen molar-refractivity contribution in [1.82, 2.24) is 10.6 Å². The van der Waals surface area contributed by atoms with Crippen LogP contribution < -0.4 is 10.6 Å². The lowest BCUT2D eigenvalue weighted by molar-refractivity contribution is -0.143. The molecule has 1 fully saturated rings. The second-order valence-corrected chi connectivity index (χ2v) is 7.57. The largest absolute Gasteiger partial charge is 0.481 e. The first-order valence-corrected chi connectivity index (χ1v) is 8.02. The summed E-state index contributed by atoms with van der Waals surface area (Å²) >= 11 is 4.54. The van der Waals surface area contributed by atoms with Crippen molar-refractivity contribution in [3.63, 3.8) is 0 Å². The van der Waals surface area contributed by atoms with Gasteiger partial charge in [0, 0.05) is 6.54 Å². The number of carboxylic acid groups (broad SMARTS) is 1. The van der Waals surface area contributed by atoms with Crippen LogP contribution in [0.15, 0.2) is 15.9 Å². The Morgan fingerprint density at radius 3 is 2.57 bits per heavy atom. The van der Waals surface area contributed by atoms with Gasteiger partial charge in [-0.05, 0) is 47.8 Å². The summed E-state index contributed by atoms with van der Waals surface area (Å²) < 4.78 is 0.835. The first-order chi connectivity index (χ1) is 9.84. The van der Waals surface area contributed by atoms with Crippen LogP contribution in [0, 0.1) is 5.41 Å². The third kappa shape index (κ3) is 3.82. The van der Waals surface area contributed by atoms with Gasteiger partial charge in [-0.25, -0.2) is 0 Å². The fourth-order valence-electron chi connectivity index (χ4n) is 1.80. The van der Waals surface area contributed by atoms with Crippen molar-refractivity contribution in [3.8, 4) is 0 Å². The number of carbonyl (C=O) groups excluding carboxylic acids is 2. The summed E-state index contributed by atoms with van der Waals surface area (Å²) in [5.41, 5.74) is -0.808. The van der Waals surface area contributed by atoms with Crippen molar-refractivity contribution in [2.75, 3.05) is 6.54 Å². The average molecular weight is 375 g/mol. The number of halogens is 1. The van der Waals surface area contributed by atoms with Gasteiger partial charge < -0.3 is 15.7 Å². The molecule has 0 aliphatic heterocycles. The van der Waals surface area contributed by atoms with Gasteiger partial charge in [0.1, 0.15) is 6.04 Å². The lowest BCUT2D eigenvalue weighted by Gasteiger charge is -2.16. The van der Waals surface area contributed by atoms with Crippen molar-refractivity contribution in [2.45, 2.75) is 25.8 Å². The number of carboxylic acids is 1. The summed E-state index contributed by atoms with van der Waals surface area (Å²) in [6.07, 6.45) is 1.15. The lowest BCUT2D eigenvalue weighted by Crippen LogP contribution is -2.46. The molecule has 6 nitrogen and oxygen atoms in total. The van der Waals surface area contributed by atoms with Crippen LogP contribution in [0.25, 0.3) is 0 Å². The number of carbonyl (C=O) groups is 3. The summed E-state index contributed by atoms with van der Waals surface area (Å²) in [7, 11) is 0. The zero-order valence-corrected chi connectivity index (χ0v) is 13.7. The fourth-order valence-corrected chi connectivity index (χ4v) is 3.09. The first-order valence-electron chi connectivity index (χ1n) is 6.41. The molecule has 0 saturated heterocycles. The second-order valence-electron chi connectivity index (χ2n) is 5.10. The van der Waals surface area contributed by atoms with Gasteiger partial charge in [-0.1, -0.05) is 0 Å². The van der Waals surface area contributed by atoms with Crippen LogP contribution in [-0.4, -0.2) is 35.5 Å². The highest BCUT2D eigenvalue weighted by Gasteiger charge is 2.50. The van der Waals surface area contributed by atoms with Gasteiger partial charge in [-0.2, -0.15) is 0 Å². The Morgan fingerprint density at radius 1 is 1.43 bits per heavy atom. The quantitative estimate of drug-likeness (QED) is 0.704. The Kier molecular flexibility index (Phi) is 4.67. The van der Waals surface area contributed by atoms with Gasteiger partial charge in [0.05, 0.1) is 14.1 Å². The molecular weight excluding hydrogens is 360 g/mol. The van der Waals surface area contributed by atoms with Crippen LogP contribution in [0.2, 0.25) is 0 Å². The SMILES string of the molecule is CC(NC(=O)c1ccc(Br)s1)C(=O)NCC1(C(=O)O)CC1. The number of hydrogen-bond donors (Lipinski definition) is 3. The van der Waals surface area contributed by atoms with Gasteiger partial charge in [0.15, 0.2) is 0 Å². The number of hydrogen-bond acceptors (Lipinski definition) is 4. The maximum absolute atomic E-state index is 11.9. The first kappa shape index (κ1) is 16.0. The van der Waals surface area contributed by atoms with E-state index in [0.717, 1.165) is 3.79 Å². The Balaban J connectivity index is 1.83. The molecule has 1 aromatic rings. The number of rotatable bonds is 6. The molecule has 0 bridgehead atoms. The van der Waals surface area contributed by atoms with E-state index in [0.29, 0.717) is 17.7 Å². The molecule has 1 atom stereocenters. The number of thiophene rings is 1. The zero-order chi connectivity index (χ0) is 15.6. The van der Waals surface area contributed by atoms with Crippen molar-refractivity contribution in [3.05, 3.63) is 20.8 Å². The van der Waals surface area contributed by atoms with Crippen LogP contribution >= 0.6 is 27.3 Å². The maximum Gasteiger partial charge on any atom is 0.311 e. The van der Waals surface area contributed by atoms with Crippen molar-refractivity contribution in [1.29, 1.82) is 0 Å². The Morgan fingerprint density at radius 2 is 2.10 bits per heavy atom. The standard InChI is InChI=1S/C13H15BrN2O4S/c1-7(16-11(18)8-2-3-9(14)21-8)10(17)15-6-13(4-5-13)12(19)20/h2-3,7H,4-6H2,1H3,(H,15,17)(H,16,18)(H,19,20). The number of nitrogens with one attached hydrogen (secondary N) is 2. The summed E-state index contributed by atoms with van der Waals surface area (Å²) in [5, 5.41) is 14.2. The van der Waals surface area contributed by atoms with E-state index < -0.39 is 17.4 Å². The minimum atomic E-state index is -0.886. The van der Waals surface area contributed by atoms with Crippen molar-refractivity contribution < 1.29 is 19.5 Å². The minimum absolute atomic E-state index is 0.103. The molecule has 3 N–H and O–H groups in total. The fraction of sp³-hybridized carbons (Fsp3) is 0.462. The van der Waals surface area contributed by atoms with Crippen LogP contribution in [0.3, 0.4) is 0 Å². The Hall–Kier alpha value is -1.41. The molecule has 0 aromatic carbocycles. The van der Waals surface area contributed by atoms with Gasteiger partial charge in [0.2, 0.25) is 5.91 Å². The molecule has 2 rings (SSSR count). The molecule has 8 heteroatoms. The van der Waals surface area contributed by atoms with E-state index in [1.807, 2.05) is 0 Å². The van der Waals surface area contributed by atoms with Gasteiger partial charge in [-0.3, -0.25) is 14.4 Å². The zero-order valence-electron chi connectivity index (χ0n) is 11.3. The normalized spacial score (nSPS) is 16.9. The summed E-state index contributed by atoms with van der Waals surface area (Å²) in [5.74, 6) is -1.60. The highest BCUT2D eigenvalue weighted by atomic mass is 79.9. The predicted molar refractivity (Wildman–Crippen MR) is 81.3 cm³/mol. The average Bonchev–Trinajstić information content (AvgIpc) is 3.11. The van der Waals surface area contributed by atoms with Crippen molar-refractivity contribution >= 4 is 45.1 Å². The molecule has 0 spiro atoms. The Bertz CT molecular complexity index is 582. The van der Waals surface area contributed by atoms with Crippen LogP contribution in [0.5, 0.6) is 0 Å². The van der Waals surface area contributed by atoms with E-state index in [1.165, 1.54) is 11.3 Å². The predicted octanol–water partition coefficient (Wildman–Crippen LogP) is 1.61. The molecule has 114 valence electrons. The van der Waals surface area contributed by atoms with Gasteiger partial charge in [0.25, 0.3) is 5.91 Å². The van der Waals surface area contributed by atoms with E-state index in [4.69, 9.17) is 5.11 Å². The highest BCUT2D eigenvalue weighted by Crippen LogP contribution is 2.45. The maximum atomic E-state index is 11.9. The third-order valence-corrected chi connectivity index (χ3v) is 5.07. The van der Waals surface area contributed by atoms with E-state index >= 15 is 0 Å². The molecule has 0 radical (unpaired) electrons.